The highest BCUT2D eigenvalue weighted by Gasteiger charge is 2.29. The maximum absolute atomic E-state index is 12.6. The van der Waals surface area contributed by atoms with E-state index in [1.54, 1.807) is 11.8 Å². The minimum absolute atomic E-state index is 0.0344. The maximum atomic E-state index is 12.6. The molecule has 0 radical (unpaired) electrons. The number of morpholine rings is 1. The Morgan fingerprint density at radius 2 is 1.76 bits per heavy atom. The van der Waals surface area contributed by atoms with Crippen molar-refractivity contribution >= 4 is 11.8 Å². The van der Waals surface area contributed by atoms with Crippen molar-refractivity contribution in [2.24, 2.45) is 0 Å². The van der Waals surface area contributed by atoms with Crippen molar-refractivity contribution in [3.63, 3.8) is 0 Å². The third kappa shape index (κ3) is 4.19. The van der Waals surface area contributed by atoms with E-state index in [1.165, 1.54) is 11.1 Å². The number of ether oxygens (including phenoxy) is 1. The number of hydrogen-bond donors (Lipinski definition) is 1. The van der Waals surface area contributed by atoms with Crippen LogP contribution < -0.4 is 5.32 Å². The van der Waals surface area contributed by atoms with Gasteiger partial charge in [-0.1, -0.05) is 24.3 Å². The van der Waals surface area contributed by atoms with Crippen molar-refractivity contribution in [2.75, 3.05) is 32.8 Å². The summed E-state index contributed by atoms with van der Waals surface area (Å²) in [6.07, 6.45) is 0.954. The van der Waals surface area contributed by atoms with Crippen LogP contribution in [0.5, 0.6) is 0 Å². The summed E-state index contributed by atoms with van der Waals surface area (Å²) in [5, 5.41) is 2.89. The number of nitrogens with zero attached hydrogens (tertiary/aromatic N) is 2. The van der Waals surface area contributed by atoms with E-state index in [4.69, 9.17) is 4.74 Å². The molecular weight excluding hydrogens is 318 g/mol. The average molecular weight is 345 g/mol. The number of nitrogens with one attached hydrogen (secondary N) is 1. The fourth-order valence-corrected chi connectivity index (χ4v) is 3.47. The molecule has 2 unspecified atom stereocenters. The van der Waals surface area contributed by atoms with Gasteiger partial charge in [0.25, 0.3) is 0 Å². The van der Waals surface area contributed by atoms with Crippen LogP contribution in [0.15, 0.2) is 24.3 Å². The van der Waals surface area contributed by atoms with Crippen LogP contribution in [0, 0.1) is 0 Å². The molecule has 2 aliphatic rings. The number of carbonyl (C=O) groups is 2. The molecule has 2 amide bonds. The van der Waals surface area contributed by atoms with Gasteiger partial charge < -0.3 is 15.0 Å². The minimum Gasteiger partial charge on any atom is -0.378 e. The molecule has 2 atom stereocenters. The lowest BCUT2D eigenvalue weighted by molar-refractivity contribution is -0.140. The molecule has 25 heavy (non-hydrogen) atoms. The fraction of sp³-hybridized carbons (Fsp3) is 0.579. The fourth-order valence-electron chi connectivity index (χ4n) is 3.47. The molecule has 0 aromatic heterocycles. The Labute approximate surface area is 149 Å². The van der Waals surface area contributed by atoms with Crippen molar-refractivity contribution in [1.29, 1.82) is 0 Å². The van der Waals surface area contributed by atoms with Gasteiger partial charge in [-0.25, -0.2) is 0 Å². The number of benzene rings is 1. The molecule has 6 heteroatoms. The first-order valence-corrected chi connectivity index (χ1v) is 9.04. The van der Waals surface area contributed by atoms with Gasteiger partial charge in [-0.15, -0.1) is 0 Å². The highest BCUT2D eigenvalue weighted by atomic mass is 16.5. The molecule has 0 saturated carbocycles. The molecule has 1 N–H and O–H groups in total. The summed E-state index contributed by atoms with van der Waals surface area (Å²) in [6.45, 7) is 7.62. The first-order chi connectivity index (χ1) is 12.1. The number of amides is 2. The Hall–Kier alpha value is -1.92. The molecule has 6 nitrogen and oxygen atoms in total. The lowest BCUT2D eigenvalue weighted by atomic mass is 9.98. The molecule has 2 heterocycles. The molecule has 1 saturated heterocycles. The molecule has 1 fully saturated rings. The smallest absolute Gasteiger partial charge is 0.245 e. The van der Waals surface area contributed by atoms with Crippen molar-refractivity contribution in [3.8, 4) is 0 Å². The molecule has 1 aromatic rings. The van der Waals surface area contributed by atoms with E-state index < -0.39 is 6.04 Å². The van der Waals surface area contributed by atoms with E-state index in [2.05, 4.69) is 28.4 Å². The summed E-state index contributed by atoms with van der Waals surface area (Å²) in [4.78, 5) is 29.0. The number of carbonyl (C=O) groups excluding carboxylic acids is 2. The second-order valence-corrected chi connectivity index (χ2v) is 6.83. The van der Waals surface area contributed by atoms with Crippen LogP contribution in [-0.2, 0) is 27.3 Å². The van der Waals surface area contributed by atoms with Gasteiger partial charge in [0.2, 0.25) is 11.8 Å². The van der Waals surface area contributed by atoms with E-state index >= 15 is 0 Å². The first kappa shape index (κ1) is 17.9. The van der Waals surface area contributed by atoms with E-state index in [1.807, 2.05) is 13.0 Å². The Balaban J connectivity index is 1.54. The van der Waals surface area contributed by atoms with Gasteiger partial charge >= 0.3 is 0 Å². The van der Waals surface area contributed by atoms with Gasteiger partial charge in [0.05, 0.1) is 19.3 Å². The summed E-state index contributed by atoms with van der Waals surface area (Å²) >= 11 is 0. The maximum Gasteiger partial charge on any atom is 0.245 e. The zero-order chi connectivity index (χ0) is 17.8. The Morgan fingerprint density at radius 3 is 2.48 bits per heavy atom. The second-order valence-electron chi connectivity index (χ2n) is 6.83. The third-order valence-electron chi connectivity index (χ3n) is 5.14. The van der Waals surface area contributed by atoms with E-state index in [9.17, 15) is 9.59 Å². The molecular formula is C19H27N3O3. The number of fused-ring (bicyclic) bond motifs is 1. The zero-order valence-electron chi connectivity index (χ0n) is 15.0. The van der Waals surface area contributed by atoms with Gasteiger partial charge in [-0.2, -0.15) is 0 Å². The molecule has 3 rings (SSSR count). The summed E-state index contributed by atoms with van der Waals surface area (Å²) in [7, 11) is 0. The van der Waals surface area contributed by atoms with E-state index in [0.717, 1.165) is 19.5 Å². The quantitative estimate of drug-likeness (QED) is 0.877. The van der Waals surface area contributed by atoms with Crippen molar-refractivity contribution in [1.82, 2.24) is 15.1 Å². The predicted octanol–water partition coefficient (Wildman–Crippen LogP) is 0.797. The van der Waals surface area contributed by atoms with Crippen LogP contribution in [-0.4, -0.2) is 66.5 Å². The monoisotopic (exact) mass is 345 g/mol. The topological polar surface area (TPSA) is 61.9 Å². The summed E-state index contributed by atoms with van der Waals surface area (Å²) in [6, 6.07) is 7.61. The van der Waals surface area contributed by atoms with Crippen LogP contribution in [0.1, 0.15) is 25.0 Å². The highest BCUT2D eigenvalue weighted by molar-refractivity contribution is 5.89. The zero-order valence-corrected chi connectivity index (χ0v) is 15.0. The standard InChI is InChI=1S/C19H27N3O3/c1-14(19(24)21-9-11-25-12-10-21)20-18(23)15(2)22-8-7-16-5-3-4-6-17(16)13-22/h3-6,14-15H,7-13H2,1-2H3,(H,20,23). The van der Waals surface area contributed by atoms with Crippen LogP contribution in [0.4, 0.5) is 0 Å². The Kier molecular flexibility index (Phi) is 5.71. The number of hydrogen-bond acceptors (Lipinski definition) is 4. The summed E-state index contributed by atoms with van der Waals surface area (Å²) in [5.74, 6) is -0.124. The average Bonchev–Trinajstić information content (AvgIpc) is 2.67. The van der Waals surface area contributed by atoms with Crippen molar-refractivity contribution in [3.05, 3.63) is 35.4 Å². The van der Waals surface area contributed by atoms with Crippen LogP contribution >= 0.6 is 0 Å². The first-order valence-electron chi connectivity index (χ1n) is 9.04. The lowest BCUT2D eigenvalue weighted by Gasteiger charge is -2.34. The third-order valence-corrected chi connectivity index (χ3v) is 5.14. The summed E-state index contributed by atoms with van der Waals surface area (Å²) < 4.78 is 5.27. The second kappa shape index (κ2) is 7.97. The van der Waals surface area contributed by atoms with Crippen LogP contribution in [0.3, 0.4) is 0 Å². The van der Waals surface area contributed by atoms with Crippen LogP contribution in [0.25, 0.3) is 0 Å². The molecule has 0 bridgehead atoms. The normalized spacial score (nSPS) is 20.5. The number of rotatable bonds is 4. The van der Waals surface area contributed by atoms with Gasteiger partial charge in [0.15, 0.2) is 0 Å². The van der Waals surface area contributed by atoms with Crippen molar-refractivity contribution < 1.29 is 14.3 Å². The van der Waals surface area contributed by atoms with Gasteiger partial charge in [-0.3, -0.25) is 14.5 Å². The summed E-state index contributed by atoms with van der Waals surface area (Å²) in [5.41, 5.74) is 2.65. The highest BCUT2D eigenvalue weighted by Crippen LogP contribution is 2.20. The molecule has 2 aliphatic heterocycles. The molecule has 1 aromatic carbocycles. The molecule has 0 aliphatic carbocycles. The van der Waals surface area contributed by atoms with Crippen molar-refractivity contribution in [2.45, 2.75) is 38.9 Å². The van der Waals surface area contributed by atoms with Gasteiger partial charge in [0.1, 0.15) is 6.04 Å². The van der Waals surface area contributed by atoms with Crippen LogP contribution in [0.2, 0.25) is 0 Å². The largest absolute Gasteiger partial charge is 0.378 e. The van der Waals surface area contributed by atoms with E-state index in [0.29, 0.717) is 26.3 Å². The molecule has 0 spiro atoms. The Morgan fingerprint density at radius 1 is 1.08 bits per heavy atom. The Bertz CT molecular complexity index is 628. The molecule has 136 valence electrons. The lowest BCUT2D eigenvalue weighted by Crippen LogP contribution is -2.54. The van der Waals surface area contributed by atoms with Gasteiger partial charge in [0, 0.05) is 26.2 Å². The minimum atomic E-state index is -0.509. The predicted molar refractivity (Wildman–Crippen MR) is 95.0 cm³/mol. The van der Waals surface area contributed by atoms with Gasteiger partial charge in [-0.05, 0) is 31.4 Å². The SMILES string of the molecule is CC(NC(=O)C(C)N1CCc2ccccc2C1)C(=O)N1CCOCC1. The van der Waals surface area contributed by atoms with E-state index in [-0.39, 0.29) is 17.9 Å².